The molecule has 0 aliphatic carbocycles. The first-order chi connectivity index (χ1) is 16.5. The van der Waals surface area contributed by atoms with E-state index in [0.717, 1.165) is 5.01 Å². The van der Waals surface area contributed by atoms with E-state index in [1.165, 1.54) is 15.3 Å². The third kappa shape index (κ3) is 3.74. The Hall–Kier alpha value is -4.94. The van der Waals surface area contributed by atoms with Gasteiger partial charge in [-0.3, -0.25) is 19.6 Å². The first-order valence-electron chi connectivity index (χ1n) is 10.3. The fourth-order valence-corrected chi connectivity index (χ4v) is 3.45. The second-order valence-electron chi connectivity index (χ2n) is 7.19. The number of hydrogen-bond acceptors (Lipinski definition) is 9. The average Bonchev–Trinajstić information content (AvgIpc) is 3.46. The topological polar surface area (TPSA) is 148 Å². The third-order valence-corrected chi connectivity index (χ3v) is 5.07. The summed E-state index contributed by atoms with van der Waals surface area (Å²) < 4.78 is 7.56. The summed E-state index contributed by atoms with van der Waals surface area (Å²) in [5.74, 6) is 0.181. The van der Waals surface area contributed by atoms with Gasteiger partial charge < -0.3 is 15.4 Å². The smallest absolute Gasteiger partial charge is 0.428 e. The minimum absolute atomic E-state index is 0.0915. The summed E-state index contributed by atoms with van der Waals surface area (Å²) in [6.45, 7) is 0.426. The van der Waals surface area contributed by atoms with Gasteiger partial charge in [0.05, 0.1) is 18.4 Å². The van der Waals surface area contributed by atoms with Crippen molar-refractivity contribution >= 4 is 34.8 Å². The van der Waals surface area contributed by atoms with Crippen molar-refractivity contribution in [3.8, 4) is 5.82 Å². The standard InChI is InChI=1S/C21H19N9O4/c1-22-14-11-16(25-13-5-4-8-28(20(13)32)17-6-2-3-7-23-17)26-30-15(12-24-18(14)30)19(31)27-29-9-10-34-21(29)33/h2-8,11-12,22H,9-10H2,1H3,(H,25,26)(H,27,31). The van der Waals surface area contributed by atoms with E-state index in [1.54, 1.807) is 55.8 Å². The van der Waals surface area contributed by atoms with Crippen molar-refractivity contribution in [2.45, 2.75) is 0 Å². The van der Waals surface area contributed by atoms with Gasteiger partial charge in [-0.05, 0) is 24.3 Å². The molecule has 1 fully saturated rings. The van der Waals surface area contributed by atoms with Crippen LogP contribution in [0.25, 0.3) is 11.5 Å². The molecule has 1 saturated heterocycles. The first-order valence-corrected chi connectivity index (χ1v) is 10.3. The monoisotopic (exact) mass is 461 g/mol. The highest BCUT2D eigenvalue weighted by Gasteiger charge is 2.26. The van der Waals surface area contributed by atoms with Crippen LogP contribution in [-0.4, -0.2) is 61.4 Å². The third-order valence-electron chi connectivity index (χ3n) is 5.07. The van der Waals surface area contributed by atoms with Gasteiger partial charge >= 0.3 is 6.09 Å². The van der Waals surface area contributed by atoms with Crippen LogP contribution in [0.3, 0.4) is 0 Å². The Labute approximate surface area is 192 Å². The van der Waals surface area contributed by atoms with Crippen LogP contribution in [0.1, 0.15) is 10.5 Å². The van der Waals surface area contributed by atoms with E-state index in [-0.39, 0.29) is 30.1 Å². The number of nitrogens with zero attached hydrogens (tertiary/aromatic N) is 6. The van der Waals surface area contributed by atoms with Gasteiger partial charge in [-0.1, -0.05) is 6.07 Å². The second-order valence-corrected chi connectivity index (χ2v) is 7.19. The van der Waals surface area contributed by atoms with Crippen molar-refractivity contribution in [2.24, 2.45) is 0 Å². The molecule has 13 nitrogen and oxygen atoms in total. The van der Waals surface area contributed by atoms with Crippen LogP contribution in [0.5, 0.6) is 0 Å². The number of carbonyl (C=O) groups is 2. The molecule has 0 unspecified atom stereocenters. The fraction of sp³-hybridized carbons (Fsp3) is 0.143. The van der Waals surface area contributed by atoms with Gasteiger partial charge in [0.2, 0.25) is 0 Å². The maximum absolute atomic E-state index is 13.0. The predicted molar refractivity (Wildman–Crippen MR) is 121 cm³/mol. The zero-order valence-corrected chi connectivity index (χ0v) is 17.9. The molecule has 0 aromatic carbocycles. The van der Waals surface area contributed by atoms with Crippen molar-refractivity contribution in [1.29, 1.82) is 0 Å². The lowest BCUT2D eigenvalue weighted by atomic mass is 10.3. The number of amides is 2. The second kappa shape index (κ2) is 8.54. The van der Waals surface area contributed by atoms with Crippen molar-refractivity contribution < 1.29 is 14.3 Å². The largest absolute Gasteiger partial charge is 0.446 e. The van der Waals surface area contributed by atoms with Gasteiger partial charge in [0, 0.05) is 25.5 Å². The highest BCUT2D eigenvalue weighted by atomic mass is 16.6. The summed E-state index contributed by atoms with van der Waals surface area (Å²) in [4.78, 5) is 45.9. The highest BCUT2D eigenvalue weighted by Crippen LogP contribution is 2.22. The fourth-order valence-electron chi connectivity index (χ4n) is 3.45. The minimum atomic E-state index is -0.637. The molecular formula is C21H19N9O4. The Balaban J connectivity index is 1.50. The summed E-state index contributed by atoms with van der Waals surface area (Å²) in [5, 5.41) is 11.5. The zero-order chi connectivity index (χ0) is 23.7. The maximum Gasteiger partial charge on any atom is 0.428 e. The van der Waals surface area contributed by atoms with E-state index in [2.05, 4.69) is 31.1 Å². The number of cyclic esters (lactones) is 1. The Kier molecular flexibility index (Phi) is 5.26. The molecule has 1 aliphatic heterocycles. The number of hydrazine groups is 1. The van der Waals surface area contributed by atoms with Crippen LogP contribution >= 0.6 is 0 Å². The number of imidazole rings is 1. The minimum Gasteiger partial charge on any atom is -0.446 e. The molecular weight excluding hydrogens is 442 g/mol. The molecule has 0 radical (unpaired) electrons. The number of anilines is 3. The van der Waals surface area contributed by atoms with Crippen molar-refractivity contribution in [2.75, 3.05) is 30.8 Å². The molecule has 4 aromatic heterocycles. The van der Waals surface area contributed by atoms with Crippen molar-refractivity contribution in [3.63, 3.8) is 0 Å². The number of hydrogen-bond donors (Lipinski definition) is 3. The van der Waals surface area contributed by atoms with Gasteiger partial charge in [-0.25, -0.2) is 24.3 Å². The van der Waals surface area contributed by atoms with Gasteiger partial charge in [0.25, 0.3) is 11.5 Å². The summed E-state index contributed by atoms with van der Waals surface area (Å²) in [7, 11) is 1.70. The van der Waals surface area contributed by atoms with Crippen LogP contribution in [-0.2, 0) is 4.74 Å². The zero-order valence-electron chi connectivity index (χ0n) is 17.9. The van der Waals surface area contributed by atoms with E-state index in [1.807, 2.05) is 0 Å². The molecule has 34 heavy (non-hydrogen) atoms. The Morgan fingerprint density at radius 2 is 2.00 bits per heavy atom. The van der Waals surface area contributed by atoms with Crippen LogP contribution < -0.4 is 21.6 Å². The molecule has 4 aromatic rings. The van der Waals surface area contributed by atoms with Crippen LogP contribution in [0.2, 0.25) is 0 Å². The number of nitrogens with one attached hydrogen (secondary N) is 3. The molecule has 13 heteroatoms. The lowest BCUT2D eigenvalue weighted by Crippen LogP contribution is -2.43. The lowest BCUT2D eigenvalue weighted by Gasteiger charge is -2.14. The summed E-state index contributed by atoms with van der Waals surface area (Å²) in [6.07, 6.45) is 3.93. The molecule has 0 spiro atoms. The van der Waals surface area contributed by atoms with Crippen LogP contribution in [0.4, 0.5) is 22.0 Å². The molecule has 5 rings (SSSR count). The van der Waals surface area contributed by atoms with E-state index >= 15 is 0 Å². The summed E-state index contributed by atoms with van der Waals surface area (Å²) in [6, 6.07) is 10.3. The number of carbonyl (C=O) groups excluding carboxylic acids is 2. The van der Waals surface area contributed by atoms with E-state index in [9.17, 15) is 14.4 Å². The van der Waals surface area contributed by atoms with E-state index in [4.69, 9.17) is 4.74 Å². The van der Waals surface area contributed by atoms with E-state index < -0.39 is 12.0 Å². The first kappa shape index (κ1) is 20.9. The van der Waals surface area contributed by atoms with E-state index in [0.29, 0.717) is 23.0 Å². The molecule has 3 N–H and O–H groups in total. The number of aromatic nitrogens is 5. The van der Waals surface area contributed by atoms with Gasteiger partial charge in [-0.2, -0.15) is 0 Å². The predicted octanol–water partition coefficient (Wildman–Crippen LogP) is 1.16. The molecule has 0 atom stereocenters. The SMILES string of the molecule is CNc1cc(Nc2cccn(-c3ccccn3)c2=O)nn2c(C(=O)NN3CCOC3=O)cnc12. The van der Waals surface area contributed by atoms with Gasteiger partial charge in [0.1, 0.15) is 18.1 Å². The Morgan fingerprint density at radius 1 is 1.12 bits per heavy atom. The number of ether oxygens (including phenoxy) is 1. The lowest BCUT2D eigenvalue weighted by molar-refractivity contribution is 0.0824. The normalized spacial score (nSPS) is 13.1. The Bertz CT molecular complexity index is 1450. The average molecular weight is 461 g/mol. The molecule has 0 bridgehead atoms. The van der Waals surface area contributed by atoms with Crippen molar-refractivity contribution in [3.05, 3.63) is 71.0 Å². The molecule has 2 amide bonds. The highest BCUT2D eigenvalue weighted by molar-refractivity contribution is 5.94. The quantitative estimate of drug-likeness (QED) is 0.385. The molecule has 5 heterocycles. The van der Waals surface area contributed by atoms with Crippen LogP contribution in [0, 0.1) is 0 Å². The van der Waals surface area contributed by atoms with Gasteiger partial charge in [0.15, 0.2) is 17.2 Å². The number of fused-ring (bicyclic) bond motifs is 1. The van der Waals surface area contributed by atoms with Gasteiger partial charge in [-0.15, -0.1) is 5.10 Å². The molecule has 1 aliphatic rings. The molecule has 172 valence electrons. The number of pyridine rings is 2. The summed E-state index contributed by atoms with van der Waals surface area (Å²) >= 11 is 0. The maximum atomic E-state index is 13.0. The summed E-state index contributed by atoms with van der Waals surface area (Å²) in [5.41, 5.74) is 3.46. The number of rotatable bonds is 6. The molecule has 0 saturated carbocycles. The van der Waals surface area contributed by atoms with Crippen LogP contribution in [0.15, 0.2) is 59.8 Å². The Morgan fingerprint density at radius 3 is 2.74 bits per heavy atom. The van der Waals surface area contributed by atoms with Crippen molar-refractivity contribution in [1.82, 2.24) is 34.6 Å².